The Balaban J connectivity index is 0.000000424. The Bertz CT molecular complexity index is 236. The first-order chi connectivity index (χ1) is 6.20. The summed E-state index contributed by atoms with van der Waals surface area (Å²) in [4.78, 5) is 10.5. The second kappa shape index (κ2) is 7.41. The van der Waals surface area contributed by atoms with Crippen molar-refractivity contribution in [3.63, 3.8) is 0 Å². The summed E-state index contributed by atoms with van der Waals surface area (Å²) in [5.41, 5.74) is 0.843. The van der Waals surface area contributed by atoms with Gasteiger partial charge in [-0.05, 0) is 12.1 Å². The van der Waals surface area contributed by atoms with Crippen molar-refractivity contribution < 1.29 is 4.79 Å². The lowest BCUT2D eigenvalue weighted by Gasteiger charge is -1.98. The molecule has 0 aliphatic heterocycles. The third-order valence-electron chi connectivity index (χ3n) is 1.09. The van der Waals surface area contributed by atoms with E-state index >= 15 is 0 Å². The van der Waals surface area contributed by atoms with E-state index < -0.39 is 0 Å². The number of carbonyl (C=O) groups excluding carboxylic acids is 1. The Morgan fingerprint density at radius 1 is 1.38 bits per heavy atom. The second-order valence-corrected chi connectivity index (χ2v) is 2.46. The van der Waals surface area contributed by atoms with E-state index in [-0.39, 0.29) is 5.91 Å². The van der Waals surface area contributed by atoms with Crippen molar-refractivity contribution in [2.75, 3.05) is 5.32 Å². The molecule has 1 aromatic carbocycles. The molecule has 1 aromatic rings. The highest BCUT2D eigenvalue weighted by atomic mass is 16.1. The first kappa shape index (κ1) is 11.8. The van der Waals surface area contributed by atoms with E-state index in [0.29, 0.717) is 0 Å². The molecule has 0 aromatic heterocycles. The fourth-order valence-electron chi connectivity index (χ4n) is 0.725. The number of carbonyl (C=O) groups is 1. The van der Waals surface area contributed by atoms with Gasteiger partial charge in [-0.2, -0.15) is 0 Å². The zero-order chi connectivity index (χ0) is 10.1. The molecule has 0 aliphatic carbocycles. The molecule has 1 amide bonds. The molecule has 0 saturated carbocycles. The second-order valence-electron chi connectivity index (χ2n) is 2.46. The van der Waals surface area contributed by atoms with Crippen LogP contribution in [0.1, 0.15) is 13.8 Å². The summed E-state index contributed by atoms with van der Waals surface area (Å²) in [5, 5.41) is 2.67. The number of hydrogen-bond donors (Lipinski definition) is 1. The summed E-state index contributed by atoms with van der Waals surface area (Å²) < 4.78 is 0. The standard InChI is InChI=1S/C8H9NO.C2H5B/c1-7(10)9-8-5-3-2-4-6-8;1-2-3/h2-6H,1H3,(H,9,10);2H2,1H3. The van der Waals surface area contributed by atoms with Crippen LogP contribution in [0.15, 0.2) is 30.3 Å². The molecule has 2 radical (unpaired) electrons. The Hall–Kier alpha value is -1.25. The Morgan fingerprint density at radius 2 is 1.85 bits per heavy atom. The number of rotatable bonds is 1. The number of anilines is 1. The third kappa shape index (κ3) is 7.13. The molecule has 0 aliphatic rings. The molecule has 3 heteroatoms. The minimum absolute atomic E-state index is 0.0359. The molecular formula is C10H14BNO. The Kier molecular flexibility index (Phi) is 6.70. The van der Waals surface area contributed by atoms with Gasteiger partial charge in [0.05, 0.1) is 7.85 Å². The summed E-state index contributed by atoms with van der Waals surface area (Å²) >= 11 is 0. The molecule has 0 fully saturated rings. The summed E-state index contributed by atoms with van der Waals surface area (Å²) in [6, 6.07) is 9.37. The number of benzene rings is 1. The topological polar surface area (TPSA) is 29.1 Å². The van der Waals surface area contributed by atoms with E-state index in [1.54, 1.807) is 0 Å². The Labute approximate surface area is 80.8 Å². The number of hydrogen-bond acceptors (Lipinski definition) is 1. The van der Waals surface area contributed by atoms with Gasteiger partial charge in [0.2, 0.25) is 5.91 Å². The van der Waals surface area contributed by atoms with Gasteiger partial charge < -0.3 is 5.32 Å². The quantitative estimate of drug-likeness (QED) is 0.651. The normalized spacial score (nSPS) is 8.15. The lowest BCUT2D eigenvalue weighted by Crippen LogP contribution is -2.04. The largest absolute Gasteiger partial charge is 0.326 e. The van der Waals surface area contributed by atoms with Gasteiger partial charge in [-0.3, -0.25) is 4.79 Å². The van der Waals surface area contributed by atoms with Crippen LogP contribution in [0.2, 0.25) is 6.32 Å². The predicted molar refractivity (Wildman–Crippen MR) is 57.0 cm³/mol. The maximum atomic E-state index is 10.5. The molecule has 0 atom stereocenters. The molecule has 0 saturated heterocycles. The van der Waals surface area contributed by atoms with Crippen molar-refractivity contribution in [1.29, 1.82) is 0 Å². The lowest BCUT2D eigenvalue weighted by molar-refractivity contribution is -0.114. The van der Waals surface area contributed by atoms with Gasteiger partial charge in [0, 0.05) is 12.6 Å². The van der Waals surface area contributed by atoms with Crippen molar-refractivity contribution in [1.82, 2.24) is 0 Å². The monoisotopic (exact) mass is 175 g/mol. The first-order valence-corrected chi connectivity index (χ1v) is 4.23. The Morgan fingerprint density at radius 3 is 2.23 bits per heavy atom. The maximum Gasteiger partial charge on any atom is 0.221 e. The molecule has 0 heterocycles. The minimum atomic E-state index is -0.0359. The fourth-order valence-corrected chi connectivity index (χ4v) is 0.725. The van der Waals surface area contributed by atoms with Crippen LogP contribution < -0.4 is 5.32 Å². The van der Waals surface area contributed by atoms with Crippen LogP contribution in [0.5, 0.6) is 0 Å². The fraction of sp³-hybridized carbons (Fsp3) is 0.300. The van der Waals surface area contributed by atoms with Crippen LogP contribution in [0.3, 0.4) is 0 Å². The maximum absolute atomic E-state index is 10.5. The van der Waals surface area contributed by atoms with Crippen molar-refractivity contribution in [2.24, 2.45) is 0 Å². The molecule has 0 unspecified atom stereocenters. The van der Waals surface area contributed by atoms with E-state index in [9.17, 15) is 4.79 Å². The van der Waals surface area contributed by atoms with Crippen LogP contribution in [0.4, 0.5) is 5.69 Å². The lowest BCUT2D eigenvalue weighted by atomic mass is 10.1. The minimum Gasteiger partial charge on any atom is -0.326 e. The van der Waals surface area contributed by atoms with Gasteiger partial charge in [-0.15, -0.1) is 0 Å². The summed E-state index contributed by atoms with van der Waals surface area (Å²) in [6.45, 7) is 3.40. The predicted octanol–water partition coefficient (Wildman–Crippen LogP) is 2.24. The highest BCUT2D eigenvalue weighted by Gasteiger charge is 1.90. The van der Waals surface area contributed by atoms with Crippen molar-refractivity contribution in [3.8, 4) is 0 Å². The third-order valence-corrected chi connectivity index (χ3v) is 1.09. The van der Waals surface area contributed by atoms with E-state index in [2.05, 4.69) is 5.32 Å². The van der Waals surface area contributed by atoms with Crippen molar-refractivity contribution in [3.05, 3.63) is 30.3 Å². The van der Waals surface area contributed by atoms with Gasteiger partial charge in [-0.25, -0.2) is 0 Å². The summed E-state index contributed by atoms with van der Waals surface area (Å²) in [7, 11) is 4.85. The molecule has 2 nitrogen and oxygen atoms in total. The average molecular weight is 175 g/mol. The van der Waals surface area contributed by atoms with E-state index in [1.807, 2.05) is 37.3 Å². The highest BCUT2D eigenvalue weighted by molar-refractivity contribution is 6.08. The zero-order valence-electron chi connectivity index (χ0n) is 8.08. The van der Waals surface area contributed by atoms with Gasteiger partial charge in [0.15, 0.2) is 0 Å². The first-order valence-electron chi connectivity index (χ1n) is 4.23. The number of para-hydroxylation sites is 1. The molecule has 0 bridgehead atoms. The molecule has 68 valence electrons. The number of nitrogens with one attached hydrogen (secondary N) is 1. The summed E-state index contributed by atoms with van der Waals surface area (Å²) in [5.74, 6) is -0.0359. The van der Waals surface area contributed by atoms with Crippen LogP contribution in [0, 0.1) is 0 Å². The van der Waals surface area contributed by atoms with Gasteiger partial charge in [-0.1, -0.05) is 31.4 Å². The van der Waals surface area contributed by atoms with Crippen LogP contribution in [-0.4, -0.2) is 13.8 Å². The van der Waals surface area contributed by atoms with Gasteiger partial charge in [0.25, 0.3) is 0 Å². The van der Waals surface area contributed by atoms with Crippen molar-refractivity contribution in [2.45, 2.75) is 20.2 Å². The molecule has 1 rings (SSSR count). The molecular weight excluding hydrogens is 161 g/mol. The molecule has 13 heavy (non-hydrogen) atoms. The molecule has 0 spiro atoms. The van der Waals surface area contributed by atoms with Crippen molar-refractivity contribution >= 4 is 19.4 Å². The number of amides is 1. The molecule has 1 N–H and O–H groups in total. The highest BCUT2D eigenvalue weighted by Crippen LogP contribution is 2.03. The smallest absolute Gasteiger partial charge is 0.221 e. The average Bonchev–Trinajstić information content (AvgIpc) is 2.06. The summed E-state index contributed by atoms with van der Waals surface area (Å²) in [6.07, 6.45) is 0.750. The van der Waals surface area contributed by atoms with E-state index in [1.165, 1.54) is 6.92 Å². The van der Waals surface area contributed by atoms with Crippen LogP contribution in [0.25, 0.3) is 0 Å². The van der Waals surface area contributed by atoms with Crippen LogP contribution in [-0.2, 0) is 4.79 Å². The SMILES string of the molecule is CC(=O)Nc1ccccc1.[B]CC. The van der Waals surface area contributed by atoms with Gasteiger partial charge in [0.1, 0.15) is 0 Å². The van der Waals surface area contributed by atoms with E-state index in [0.717, 1.165) is 12.0 Å². The van der Waals surface area contributed by atoms with Crippen LogP contribution >= 0.6 is 0 Å². The van der Waals surface area contributed by atoms with E-state index in [4.69, 9.17) is 7.85 Å². The van der Waals surface area contributed by atoms with Gasteiger partial charge >= 0.3 is 0 Å². The zero-order valence-corrected chi connectivity index (χ0v) is 8.08.